The van der Waals surface area contributed by atoms with E-state index >= 15 is 0 Å². The third-order valence-electron chi connectivity index (χ3n) is 4.90. The van der Waals surface area contributed by atoms with Crippen molar-refractivity contribution < 1.29 is 9.52 Å². The second-order valence-corrected chi connectivity index (χ2v) is 7.25. The zero-order valence-corrected chi connectivity index (χ0v) is 15.1. The molecule has 2 aromatic heterocycles. The number of hydrogen-bond donors (Lipinski definition) is 1. The maximum Gasteiger partial charge on any atom is 0.117 e. The van der Waals surface area contributed by atoms with E-state index in [1.54, 1.807) is 12.5 Å². The molecule has 0 spiro atoms. The Morgan fingerprint density at radius 2 is 2.12 bits per heavy atom. The quantitative estimate of drug-likeness (QED) is 0.799. The largest absolute Gasteiger partial charge is 0.468 e. The van der Waals surface area contributed by atoms with Crippen molar-refractivity contribution in [2.45, 2.75) is 39.0 Å². The molecule has 1 saturated heterocycles. The highest BCUT2D eigenvalue weighted by atomic mass is 16.3. The summed E-state index contributed by atoms with van der Waals surface area (Å²) in [7, 11) is 0. The smallest absolute Gasteiger partial charge is 0.117 e. The predicted molar refractivity (Wildman–Crippen MR) is 97.9 cm³/mol. The molecule has 0 aromatic carbocycles. The topological polar surface area (TPSA) is 52.7 Å². The number of furan rings is 1. The normalized spacial score (nSPS) is 17.9. The molecule has 5 heteroatoms. The van der Waals surface area contributed by atoms with E-state index in [0.717, 1.165) is 43.4 Å². The Balaban J connectivity index is 1.56. The first-order valence-electron chi connectivity index (χ1n) is 9.23. The third kappa shape index (κ3) is 5.96. The van der Waals surface area contributed by atoms with Crippen LogP contribution in [0, 0.1) is 5.92 Å². The molecule has 3 rings (SSSR count). The van der Waals surface area contributed by atoms with Crippen LogP contribution in [0.5, 0.6) is 0 Å². The van der Waals surface area contributed by atoms with Crippen LogP contribution in [0.1, 0.15) is 31.1 Å². The zero-order chi connectivity index (χ0) is 17.5. The minimum atomic E-state index is -0.361. The molecule has 3 heterocycles. The fourth-order valence-electron chi connectivity index (χ4n) is 3.46. The Morgan fingerprint density at radius 3 is 2.80 bits per heavy atom. The van der Waals surface area contributed by atoms with E-state index in [2.05, 4.69) is 27.8 Å². The van der Waals surface area contributed by atoms with Crippen molar-refractivity contribution in [2.75, 3.05) is 26.2 Å². The fourth-order valence-corrected chi connectivity index (χ4v) is 3.46. The van der Waals surface area contributed by atoms with Gasteiger partial charge in [0.1, 0.15) is 5.76 Å². The number of nitrogens with zero attached hydrogens (tertiary/aromatic N) is 3. The Kier molecular flexibility index (Phi) is 6.62. The zero-order valence-electron chi connectivity index (χ0n) is 15.1. The molecular weight excluding hydrogens is 314 g/mol. The van der Waals surface area contributed by atoms with Gasteiger partial charge in [-0.2, -0.15) is 0 Å². The van der Waals surface area contributed by atoms with Crippen LogP contribution in [0.2, 0.25) is 0 Å². The molecular formula is C20H29N3O2. The lowest BCUT2D eigenvalue weighted by Gasteiger charge is -2.33. The number of β-amino-alcohol motifs (C(OH)–C–C–N with tert-alkyl or cyclic N) is 1. The van der Waals surface area contributed by atoms with Crippen molar-refractivity contribution in [2.24, 2.45) is 5.92 Å². The highest BCUT2D eigenvalue weighted by Gasteiger charge is 2.20. The van der Waals surface area contributed by atoms with Crippen LogP contribution in [0.3, 0.4) is 0 Å². The van der Waals surface area contributed by atoms with Gasteiger partial charge in [-0.15, -0.1) is 0 Å². The van der Waals surface area contributed by atoms with Gasteiger partial charge in [-0.05, 0) is 55.6 Å². The second kappa shape index (κ2) is 9.13. The molecule has 0 saturated carbocycles. The molecule has 5 nitrogen and oxygen atoms in total. The maximum atomic E-state index is 10.6. The van der Waals surface area contributed by atoms with Crippen LogP contribution in [-0.2, 0) is 13.1 Å². The Labute approximate surface area is 150 Å². The van der Waals surface area contributed by atoms with E-state index in [9.17, 15) is 5.11 Å². The van der Waals surface area contributed by atoms with Gasteiger partial charge in [0.2, 0.25) is 0 Å². The summed E-state index contributed by atoms with van der Waals surface area (Å²) in [6.45, 7) is 7.32. The van der Waals surface area contributed by atoms with Gasteiger partial charge in [0.05, 0.1) is 18.9 Å². The van der Waals surface area contributed by atoms with Gasteiger partial charge in [-0.25, -0.2) is 0 Å². The van der Waals surface area contributed by atoms with Crippen LogP contribution in [0.25, 0.3) is 0 Å². The molecule has 2 aromatic rings. The molecule has 1 N–H and O–H groups in total. The average molecular weight is 343 g/mol. The average Bonchev–Trinajstić information content (AvgIpc) is 3.11. The molecule has 1 unspecified atom stereocenters. The highest BCUT2D eigenvalue weighted by Crippen LogP contribution is 2.17. The number of aliphatic hydroxyl groups excluding tert-OH is 1. The standard InChI is InChI=1S/C20H29N3O2/c1-17-6-9-22(10-7-17)14-19(24)15-23(16-20-5-3-11-25-20)13-18-4-2-8-21-12-18/h2-5,8,11-12,17,19,24H,6-7,9-10,13-16H2,1H3. The molecule has 1 atom stereocenters. The van der Waals surface area contributed by atoms with Crippen molar-refractivity contribution in [1.29, 1.82) is 0 Å². The molecule has 1 aliphatic rings. The number of rotatable bonds is 8. The summed E-state index contributed by atoms with van der Waals surface area (Å²) in [5.41, 5.74) is 1.15. The molecule has 1 aliphatic heterocycles. The van der Waals surface area contributed by atoms with Gasteiger partial charge >= 0.3 is 0 Å². The molecule has 0 radical (unpaired) electrons. The van der Waals surface area contributed by atoms with Gasteiger partial charge in [0, 0.05) is 32.0 Å². The SMILES string of the molecule is CC1CCN(CC(O)CN(Cc2cccnc2)Cc2ccco2)CC1. The van der Waals surface area contributed by atoms with Gasteiger partial charge in [-0.3, -0.25) is 9.88 Å². The first-order chi connectivity index (χ1) is 12.2. The van der Waals surface area contributed by atoms with Crippen molar-refractivity contribution in [3.8, 4) is 0 Å². The minimum absolute atomic E-state index is 0.361. The Bertz CT molecular complexity index is 595. The molecule has 0 bridgehead atoms. The third-order valence-corrected chi connectivity index (χ3v) is 4.90. The predicted octanol–water partition coefficient (Wildman–Crippen LogP) is 2.77. The number of aromatic nitrogens is 1. The second-order valence-electron chi connectivity index (χ2n) is 7.25. The van der Waals surface area contributed by atoms with E-state index in [1.807, 2.05) is 24.4 Å². The summed E-state index contributed by atoms with van der Waals surface area (Å²) in [6, 6.07) is 7.91. The molecule has 25 heavy (non-hydrogen) atoms. The minimum Gasteiger partial charge on any atom is -0.468 e. The van der Waals surface area contributed by atoms with Crippen LogP contribution in [0.4, 0.5) is 0 Å². The van der Waals surface area contributed by atoms with E-state index < -0.39 is 0 Å². The van der Waals surface area contributed by atoms with Gasteiger partial charge in [0.15, 0.2) is 0 Å². The van der Waals surface area contributed by atoms with E-state index in [-0.39, 0.29) is 6.10 Å². The number of pyridine rings is 1. The van der Waals surface area contributed by atoms with Crippen molar-refractivity contribution >= 4 is 0 Å². The van der Waals surface area contributed by atoms with Crippen LogP contribution in [0.15, 0.2) is 47.3 Å². The van der Waals surface area contributed by atoms with Gasteiger partial charge < -0.3 is 14.4 Å². The molecule has 136 valence electrons. The van der Waals surface area contributed by atoms with Crippen molar-refractivity contribution in [3.63, 3.8) is 0 Å². The number of piperidine rings is 1. The fraction of sp³-hybridized carbons (Fsp3) is 0.550. The van der Waals surface area contributed by atoms with Crippen molar-refractivity contribution in [1.82, 2.24) is 14.8 Å². The monoisotopic (exact) mass is 343 g/mol. The number of likely N-dealkylation sites (tertiary alicyclic amines) is 1. The lowest BCUT2D eigenvalue weighted by atomic mass is 9.99. The first kappa shape index (κ1) is 18.1. The summed E-state index contributed by atoms with van der Waals surface area (Å²) in [6.07, 6.45) is 7.47. The van der Waals surface area contributed by atoms with E-state index in [0.29, 0.717) is 13.1 Å². The van der Waals surface area contributed by atoms with Crippen LogP contribution in [-0.4, -0.2) is 52.2 Å². The number of hydrogen-bond acceptors (Lipinski definition) is 5. The summed E-state index contributed by atoms with van der Waals surface area (Å²) in [5.74, 6) is 1.73. The summed E-state index contributed by atoms with van der Waals surface area (Å²) >= 11 is 0. The lowest BCUT2D eigenvalue weighted by molar-refractivity contribution is 0.0548. The Morgan fingerprint density at radius 1 is 1.28 bits per heavy atom. The van der Waals surface area contributed by atoms with E-state index in [1.165, 1.54) is 12.8 Å². The molecule has 0 aliphatic carbocycles. The van der Waals surface area contributed by atoms with E-state index in [4.69, 9.17) is 4.42 Å². The van der Waals surface area contributed by atoms with Crippen LogP contribution < -0.4 is 0 Å². The molecule has 1 fully saturated rings. The Hall–Kier alpha value is -1.69. The van der Waals surface area contributed by atoms with Crippen LogP contribution >= 0.6 is 0 Å². The summed E-state index contributed by atoms with van der Waals surface area (Å²) < 4.78 is 5.50. The molecule has 0 amide bonds. The van der Waals surface area contributed by atoms with Crippen molar-refractivity contribution in [3.05, 3.63) is 54.2 Å². The maximum absolute atomic E-state index is 10.6. The van der Waals surface area contributed by atoms with Gasteiger partial charge in [0.25, 0.3) is 0 Å². The lowest BCUT2D eigenvalue weighted by Crippen LogP contribution is -2.42. The highest BCUT2D eigenvalue weighted by molar-refractivity contribution is 5.09. The van der Waals surface area contributed by atoms with Gasteiger partial charge in [-0.1, -0.05) is 13.0 Å². The summed E-state index contributed by atoms with van der Waals surface area (Å²) in [4.78, 5) is 8.81. The first-order valence-corrected chi connectivity index (χ1v) is 9.23. The summed E-state index contributed by atoms with van der Waals surface area (Å²) in [5, 5.41) is 10.6. The number of aliphatic hydroxyl groups is 1.